The van der Waals surface area contributed by atoms with Crippen molar-refractivity contribution in [3.8, 4) is 5.75 Å². The minimum absolute atomic E-state index is 0.0174. The Morgan fingerprint density at radius 1 is 1.38 bits per heavy atom. The number of ether oxygens (including phenoxy) is 1. The largest absolute Gasteiger partial charge is 0.495 e. The SMILES string of the molecule is COc1ccc(F)cc1S(=O)(=O)N1CCCC(F)(C(=O)NCc2cccnc2)C1. The van der Waals surface area contributed by atoms with Crippen molar-refractivity contribution in [2.24, 2.45) is 0 Å². The van der Waals surface area contributed by atoms with Gasteiger partial charge in [-0.25, -0.2) is 17.2 Å². The van der Waals surface area contributed by atoms with Crippen LogP contribution < -0.4 is 10.1 Å². The molecule has 0 aliphatic carbocycles. The Kier molecular flexibility index (Phi) is 6.13. The Bertz CT molecular complexity index is 988. The van der Waals surface area contributed by atoms with Crippen molar-refractivity contribution in [3.05, 3.63) is 54.1 Å². The van der Waals surface area contributed by atoms with E-state index in [0.29, 0.717) is 5.56 Å². The number of aromatic nitrogens is 1. The Balaban J connectivity index is 1.78. The first-order valence-electron chi connectivity index (χ1n) is 8.96. The molecule has 1 fully saturated rings. The summed E-state index contributed by atoms with van der Waals surface area (Å²) in [5.74, 6) is -1.71. The number of carbonyl (C=O) groups excluding carboxylic acids is 1. The van der Waals surface area contributed by atoms with Crippen LogP contribution in [0.2, 0.25) is 0 Å². The molecule has 1 atom stereocenters. The number of benzene rings is 1. The van der Waals surface area contributed by atoms with Crippen molar-refractivity contribution in [3.63, 3.8) is 0 Å². The van der Waals surface area contributed by atoms with Gasteiger partial charge in [-0.15, -0.1) is 0 Å². The number of halogens is 2. The van der Waals surface area contributed by atoms with Gasteiger partial charge in [0, 0.05) is 25.5 Å². The predicted molar refractivity (Wildman–Crippen MR) is 101 cm³/mol. The second-order valence-electron chi connectivity index (χ2n) is 6.75. The maximum atomic E-state index is 15.4. The maximum absolute atomic E-state index is 15.4. The van der Waals surface area contributed by atoms with E-state index in [9.17, 15) is 17.6 Å². The smallest absolute Gasteiger partial charge is 0.259 e. The molecule has 0 bridgehead atoms. The van der Waals surface area contributed by atoms with Gasteiger partial charge in [0.2, 0.25) is 15.7 Å². The van der Waals surface area contributed by atoms with Gasteiger partial charge in [-0.2, -0.15) is 4.31 Å². The number of nitrogens with zero attached hydrogens (tertiary/aromatic N) is 2. The van der Waals surface area contributed by atoms with Gasteiger partial charge in [0.1, 0.15) is 16.5 Å². The fourth-order valence-electron chi connectivity index (χ4n) is 3.20. The van der Waals surface area contributed by atoms with Gasteiger partial charge in [0.15, 0.2) is 0 Å². The van der Waals surface area contributed by atoms with Gasteiger partial charge < -0.3 is 10.1 Å². The molecule has 0 radical (unpaired) electrons. The van der Waals surface area contributed by atoms with E-state index in [1.54, 1.807) is 24.5 Å². The van der Waals surface area contributed by atoms with E-state index in [2.05, 4.69) is 10.3 Å². The average Bonchev–Trinajstić information content (AvgIpc) is 2.72. The second-order valence-corrected chi connectivity index (χ2v) is 8.65. The van der Waals surface area contributed by atoms with Crippen LogP contribution in [0.4, 0.5) is 8.78 Å². The highest BCUT2D eigenvalue weighted by molar-refractivity contribution is 7.89. The summed E-state index contributed by atoms with van der Waals surface area (Å²) in [6, 6.07) is 6.50. The quantitative estimate of drug-likeness (QED) is 0.765. The molecule has 29 heavy (non-hydrogen) atoms. The summed E-state index contributed by atoms with van der Waals surface area (Å²) in [7, 11) is -3.00. The van der Waals surface area contributed by atoms with Gasteiger partial charge in [-0.05, 0) is 42.7 Å². The normalized spacial score (nSPS) is 20.2. The molecule has 1 N–H and O–H groups in total. The van der Waals surface area contributed by atoms with Crippen molar-refractivity contribution >= 4 is 15.9 Å². The number of rotatable bonds is 6. The van der Waals surface area contributed by atoms with E-state index >= 15 is 4.39 Å². The molecule has 156 valence electrons. The van der Waals surface area contributed by atoms with E-state index in [1.165, 1.54) is 13.2 Å². The van der Waals surface area contributed by atoms with Gasteiger partial charge in [0.25, 0.3) is 5.91 Å². The summed E-state index contributed by atoms with van der Waals surface area (Å²) in [6.45, 7) is -0.569. The Morgan fingerprint density at radius 2 is 2.17 bits per heavy atom. The minimum Gasteiger partial charge on any atom is -0.495 e. The molecule has 2 aromatic rings. The molecule has 3 rings (SSSR count). The Hall–Kier alpha value is -2.59. The molecule has 10 heteroatoms. The van der Waals surface area contributed by atoms with Crippen LogP contribution in [0, 0.1) is 5.82 Å². The Morgan fingerprint density at radius 3 is 2.86 bits per heavy atom. The number of nitrogens with one attached hydrogen (secondary N) is 1. The van der Waals surface area contributed by atoms with E-state index in [1.807, 2.05) is 0 Å². The number of alkyl halides is 1. The van der Waals surface area contributed by atoms with Gasteiger partial charge in [-0.3, -0.25) is 9.78 Å². The van der Waals surface area contributed by atoms with Gasteiger partial charge in [-0.1, -0.05) is 6.07 Å². The molecule has 1 saturated heterocycles. The van der Waals surface area contributed by atoms with Crippen LogP contribution in [0.1, 0.15) is 18.4 Å². The zero-order valence-electron chi connectivity index (χ0n) is 15.8. The first-order chi connectivity index (χ1) is 13.8. The highest BCUT2D eigenvalue weighted by Gasteiger charge is 2.46. The lowest BCUT2D eigenvalue weighted by atomic mass is 9.95. The molecule has 7 nitrogen and oxygen atoms in total. The number of hydrogen-bond donors (Lipinski definition) is 1. The van der Waals surface area contributed by atoms with E-state index in [4.69, 9.17) is 4.74 Å². The zero-order chi connectivity index (χ0) is 21.1. The fraction of sp³-hybridized carbons (Fsp3) is 0.368. The van der Waals surface area contributed by atoms with Crippen LogP contribution in [-0.2, 0) is 21.4 Å². The lowest BCUT2D eigenvalue weighted by molar-refractivity contribution is -0.135. The molecule has 2 heterocycles. The van der Waals surface area contributed by atoms with E-state index in [0.717, 1.165) is 16.4 Å². The average molecular weight is 425 g/mol. The minimum atomic E-state index is -4.26. The number of sulfonamides is 1. The Labute approximate surface area is 167 Å². The number of pyridine rings is 1. The first kappa shape index (κ1) is 21.1. The third kappa shape index (κ3) is 4.54. The van der Waals surface area contributed by atoms with Crippen LogP contribution in [0.15, 0.2) is 47.6 Å². The molecular formula is C19H21F2N3O4S. The molecule has 1 aliphatic heterocycles. The van der Waals surface area contributed by atoms with Gasteiger partial charge in [0.05, 0.1) is 13.7 Å². The summed E-state index contributed by atoms with van der Waals surface area (Å²) in [6.07, 6.45) is 3.15. The third-order valence-electron chi connectivity index (χ3n) is 4.73. The van der Waals surface area contributed by atoms with Crippen LogP contribution in [0.5, 0.6) is 5.75 Å². The van der Waals surface area contributed by atoms with E-state index < -0.39 is 38.9 Å². The summed E-state index contributed by atoms with van der Waals surface area (Å²) < 4.78 is 60.9. The number of hydrogen-bond acceptors (Lipinski definition) is 5. The highest BCUT2D eigenvalue weighted by Crippen LogP contribution is 2.33. The lowest BCUT2D eigenvalue weighted by Gasteiger charge is -2.35. The lowest BCUT2D eigenvalue weighted by Crippen LogP contribution is -2.55. The van der Waals surface area contributed by atoms with Crippen molar-refractivity contribution in [1.29, 1.82) is 0 Å². The number of piperidine rings is 1. The summed E-state index contributed by atoms with van der Waals surface area (Å²) in [5.41, 5.74) is -1.71. The summed E-state index contributed by atoms with van der Waals surface area (Å²) in [4.78, 5) is 16.0. The molecule has 1 aliphatic rings. The summed E-state index contributed by atoms with van der Waals surface area (Å²) >= 11 is 0. The highest BCUT2D eigenvalue weighted by atomic mass is 32.2. The molecule has 0 spiro atoms. The molecule has 1 amide bonds. The molecule has 1 unspecified atom stereocenters. The predicted octanol–water partition coefficient (Wildman–Crippen LogP) is 2.04. The van der Waals surface area contributed by atoms with Crippen molar-refractivity contribution in [2.75, 3.05) is 20.2 Å². The van der Waals surface area contributed by atoms with Crippen LogP contribution in [0.3, 0.4) is 0 Å². The monoisotopic (exact) mass is 425 g/mol. The number of methoxy groups -OCH3 is 1. The van der Waals surface area contributed by atoms with E-state index in [-0.39, 0.29) is 31.7 Å². The van der Waals surface area contributed by atoms with Crippen molar-refractivity contribution < 1.29 is 26.7 Å². The van der Waals surface area contributed by atoms with Crippen molar-refractivity contribution in [2.45, 2.75) is 30.0 Å². The van der Waals surface area contributed by atoms with Crippen LogP contribution in [-0.4, -0.2) is 49.5 Å². The topological polar surface area (TPSA) is 88.6 Å². The second kappa shape index (κ2) is 8.42. The first-order valence-corrected chi connectivity index (χ1v) is 10.4. The van der Waals surface area contributed by atoms with Gasteiger partial charge >= 0.3 is 0 Å². The van der Waals surface area contributed by atoms with Crippen LogP contribution >= 0.6 is 0 Å². The molecule has 1 aromatic heterocycles. The number of amides is 1. The van der Waals surface area contributed by atoms with Crippen LogP contribution in [0.25, 0.3) is 0 Å². The standard InChI is InChI=1S/C19H21F2N3O4S/c1-28-16-6-5-15(20)10-17(16)29(26,27)24-9-3-7-19(21,13-24)18(25)23-12-14-4-2-8-22-11-14/h2,4-6,8,10-11H,3,7,9,12-13H2,1H3,(H,23,25). The third-order valence-corrected chi connectivity index (χ3v) is 6.60. The fourth-order valence-corrected chi connectivity index (χ4v) is 4.89. The maximum Gasteiger partial charge on any atom is 0.259 e. The number of carbonyl (C=O) groups is 1. The molecule has 0 saturated carbocycles. The molecular weight excluding hydrogens is 404 g/mol. The molecule has 1 aromatic carbocycles. The van der Waals surface area contributed by atoms with Crippen molar-refractivity contribution in [1.82, 2.24) is 14.6 Å². The summed E-state index contributed by atoms with van der Waals surface area (Å²) in [5, 5.41) is 2.49. The zero-order valence-corrected chi connectivity index (χ0v) is 16.6.